The van der Waals surface area contributed by atoms with Gasteiger partial charge in [0.05, 0.1) is 0 Å². The molecule has 0 aliphatic heterocycles. The molecule has 20 heavy (non-hydrogen) atoms. The third-order valence-corrected chi connectivity index (χ3v) is 4.58. The summed E-state index contributed by atoms with van der Waals surface area (Å²) in [6.45, 7) is 15.2. The van der Waals surface area contributed by atoms with Gasteiger partial charge < -0.3 is 5.32 Å². The van der Waals surface area contributed by atoms with Crippen LogP contribution in [0.4, 0.5) is 0 Å². The van der Waals surface area contributed by atoms with Gasteiger partial charge in [0.2, 0.25) is 0 Å². The van der Waals surface area contributed by atoms with Crippen molar-refractivity contribution in [3.05, 3.63) is 47.5 Å². The molecule has 1 aromatic rings. The van der Waals surface area contributed by atoms with Crippen LogP contribution in [0.3, 0.4) is 0 Å². The van der Waals surface area contributed by atoms with E-state index in [9.17, 15) is 0 Å². The summed E-state index contributed by atoms with van der Waals surface area (Å²) in [5.74, 6) is 0. The minimum absolute atomic E-state index is 0.328. The van der Waals surface area contributed by atoms with E-state index in [0.717, 1.165) is 13.1 Å². The SMILES string of the molecule is C=C(CNCc1cccc(C)c1)C(CC)(CC)CCC. The minimum Gasteiger partial charge on any atom is -0.309 e. The van der Waals surface area contributed by atoms with Crippen molar-refractivity contribution < 1.29 is 0 Å². The van der Waals surface area contributed by atoms with E-state index in [4.69, 9.17) is 0 Å². The molecule has 112 valence electrons. The fourth-order valence-corrected chi connectivity index (χ4v) is 3.13. The number of rotatable bonds is 9. The third-order valence-electron chi connectivity index (χ3n) is 4.58. The van der Waals surface area contributed by atoms with E-state index in [2.05, 4.69) is 63.9 Å². The molecule has 1 heteroatoms. The lowest BCUT2D eigenvalue weighted by molar-refractivity contribution is 0.290. The van der Waals surface area contributed by atoms with Crippen molar-refractivity contribution in [2.24, 2.45) is 5.41 Å². The molecule has 0 aromatic heterocycles. The molecule has 1 aromatic carbocycles. The second kappa shape index (κ2) is 8.26. The monoisotopic (exact) mass is 273 g/mol. The Hall–Kier alpha value is -1.08. The van der Waals surface area contributed by atoms with Gasteiger partial charge >= 0.3 is 0 Å². The van der Waals surface area contributed by atoms with Gasteiger partial charge in [0.25, 0.3) is 0 Å². The summed E-state index contributed by atoms with van der Waals surface area (Å²) in [6.07, 6.45) is 4.88. The second-order valence-corrected chi connectivity index (χ2v) is 5.93. The fourth-order valence-electron chi connectivity index (χ4n) is 3.13. The Labute approximate surface area is 125 Å². The van der Waals surface area contributed by atoms with Crippen molar-refractivity contribution in [3.8, 4) is 0 Å². The molecule has 0 amide bonds. The van der Waals surface area contributed by atoms with Gasteiger partial charge in [0, 0.05) is 13.1 Å². The maximum absolute atomic E-state index is 4.37. The van der Waals surface area contributed by atoms with E-state index >= 15 is 0 Å². The molecule has 0 radical (unpaired) electrons. The number of nitrogens with one attached hydrogen (secondary N) is 1. The molecule has 0 atom stereocenters. The predicted molar refractivity (Wildman–Crippen MR) is 89.9 cm³/mol. The Balaban J connectivity index is 2.53. The van der Waals surface area contributed by atoms with Crippen LogP contribution in [0, 0.1) is 12.3 Å². The zero-order valence-electron chi connectivity index (χ0n) is 13.8. The van der Waals surface area contributed by atoms with Crippen molar-refractivity contribution in [1.82, 2.24) is 5.32 Å². The molecule has 1 rings (SSSR count). The maximum atomic E-state index is 4.37. The van der Waals surface area contributed by atoms with E-state index in [-0.39, 0.29) is 0 Å². The Morgan fingerprint density at radius 2 is 1.90 bits per heavy atom. The predicted octanol–water partition coefficient (Wildman–Crippen LogP) is 5.25. The highest BCUT2D eigenvalue weighted by atomic mass is 14.9. The summed E-state index contributed by atoms with van der Waals surface area (Å²) in [7, 11) is 0. The molecule has 1 N–H and O–H groups in total. The first-order valence-electron chi connectivity index (χ1n) is 8.02. The van der Waals surface area contributed by atoms with Crippen LogP contribution < -0.4 is 5.32 Å². The molecule has 0 aliphatic carbocycles. The van der Waals surface area contributed by atoms with Gasteiger partial charge in [-0.2, -0.15) is 0 Å². The van der Waals surface area contributed by atoms with Crippen LogP contribution in [0.1, 0.15) is 57.6 Å². The summed E-state index contributed by atoms with van der Waals surface area (Å²) in [5, 5.41) is 3.56. The standard InChI is InChI=1S/C19H31N/c1-6-12-19(7-2,8-3)17(5)14-20-15-18-11-9-10-16(4)13-18/h9-11,13,20H,5-8,12,14-15H2,1-4H3. The summed E-state index contributed by atoms with van der Waals surface area (Å²) in [5.41, 5.74) is 4.38. The van der Waals surface area contributed by atoms with Gasteiger partial charge in [-0.05, 0) is 37.2 Å². The molecule has 0 aliphatic rings. The topological polar surface area (TPSA) is 12.0 Å². The lowest BCUT2D eigenvalue weighted by Crippen LogP contribution is -2.28. The summed E-state index contributed by atoms with van der Waals surface area (Å²) < 4.78 is 0. The van der Waals surface area contributed by atoms with E-state index < -0.39 is 0 Å². The summed E-state index contributed by atoms with van der Waals surface area (Å²) in [4.78, 5) is 0. The molecular weight excluding hydrogens is 242 g/mol. The normalized spacial score (nSPS) is 11.6. The van der Waals surface area contributed by atoms with Crippen LogP contribution in [0.15, 0.2) is 36.4 Å². The Bertz CT molecular complexity index is 416. The maximum Gasteiger partial charge on any atom is 0.0208 e. The molecule has 1 nitrogen and oxygen atoms in total. The number of aryl methyl sites for hydroxylation is 1. The van der Waals surface area contributed by atoms with Crippen molar-refractivity contribution in [3.63, 3.8) is 0 Å². The zero-order valence-corrected chi connectivity index (χ0v) is 13.8. The van der Waals surface area contributed by atoms with E-state index in [1.807, 2.05) is 0 Å². The van der Waals surface area contributed by atoms with Crippen LogP contribution in [0.5, 0.6) is 0 Å². The second-order valence-electron chi connectivity index (χ2n) is 5.93. The largest absolute Gasteiger partial charge is 0.309 e. The summed E-state index contributed by atoms with van der Waals surface area (Å²) in [6, 6.07) is 8.69. The minimum atomic E-state index is 0.328. The van der Waals surface area contributed by atoms with Gasteiger partial charge in [-0.1, -0.05) is 69.2 Å². The third kappa shape index (κ3) is 4.49. The van der Waals surface area contributed by atoms with Gasteiger partial charge in [-0.25, -0.2) is 0 Å². The molecule has 0 bridgehead atoms. The molecule has 0 unspecified atom stereocenters. The lowest BCUT2D eigenvalue weighted by atomic mass is 9.72. The van der Waals surface area contributed by atoms with E-state index in [1.165, 1.54) is 42.4 Å². The molecular formula is C19H31N. The zero-order chi connectivity index (χ0) is 15.0. The average Bonchev–Trinajstić information content (AvgIpc) is 2.45. The first kappa shape index (κ1) is 17.0. The Morgan fingerprint density at radius 1 is 1.20 bits per heavy atom. The van der Waals surface area contributed by atoms with Crippen molar-refractivity contribution in [2.45, 2.75) is 59.9 Å². The van der Waals surface area contributed by atoms with Crippen molar-refractivity contribution in [2.75, 3.05) is 6.54 Å². The van der Waals surface area contributed by atoms with Gasteiger partial charge in [-0.3, -0.25) is 0 Å². The van der Waals surface area contributed by atoms with Crippen molar-refractivity contribution in [1.29, 1.82) is 0 Å². The summed E-state index contributed by atoms with van der Waals surface area (Å²) >= 11 is 0. The van der Waals surface area contributed by atoms with Crippen molar-refractivity contribution >= 4 is 0 Å². The van der Waals surface area contributed by atoms with Gasteiger partial charge in [-0.15, -0.1) is 0 Å². The quantitative estimate of drug-likeness (QED) is 0.606. The molecule has 0 saturated heterocycles. The smallest absolute Gasteiger partial charge is 0.0208 e. The number of hydrogen-bond donors (Lipinski definition) is 1. The highest BCUT2D eigenvalue weighted by molar-refractivity contribution is 5.22. The van der Waals surface area contributed by atoms with Gasteiger partial charge in [0.15, 0.2) is 0 Å². The molecule has 0 heterocycles. The highest BCUT2D eigenvalue weighted by Gasteiger charge is 2.27. The van der Waals surface area contributed by atoms with Crippen LogP contribution >= 0.6 is 0 Å². The van der Waals surface area contributed by atoms with Crippen LogP contribution in [0.25, 0.3) is 0 Å². The average molecular weight is 273 g/mol. The first-order valence-corrected chi connectivity index (χ1v) is 8.02. The first-order chi connectivity index (χ1) is 9.57. The molecule has 0 saturated carbocycles. The van der Waals surface area contributed by atoms with Crippen LogP contribution in [-0.2, 0) is 6.54 Å². The van der Waals surface area contributed by atoms with Crippen LogP contribution in [-0.4, -0.2) is 6.54 Å². The van der Waals surface area contributed by atoms with E-state index in [0.29, 0.717) is 5.41 Å². The Morgan fingerprint density at radius 3 is 2.45 bits per heavy atom. The fraction of sp³-hybridized carbons (Fsp3) is 0.579. The van der Waals surface area contributed by atoms with Crippen LogP contribution in [0.2, 0.25) is 0 Å². The lowest BCUT2D eigenvalue weighted by Gasteiger charge is -2.34. The molecule has 0 fully saturated rings. The van der Waals surface area contributed by atoms with Gasteiger partial charge in [0.1, 0.15) is 0 Å². The number of benzene rings is 1. The van der Waals surface area contributed by atoms with E-state index in [1.54, 1.807) is 0 Å². The Kier molecular flexibility index (Phi) is 7.01. The highest BCUT2D eigenvalue weighted by Crippen LogP contribution is 2.38. The number of hydrogen-bond acceptors (Lipinski definition) is 1. The molecule has 0 spiro atoms.